The van der Waals surface area contributed by atoms with Crippen molar-refractivity contribution in [2.75, 3.05) is 11.2 Å². The first-order valence-corrected chi connectivity index (χ1v) is 8.02. The second-order valence-corrected chi connectivity index (χ2v) is 5.67. The molecule has 3 N–H and O–H groups in total. The van der Waals surface area contributed by atoms with Crippen molar-refractivity contribution in [1.29, 1.82) is 0 Å². The molecule has 0 spiro atoms. The summed E-state index contributed by atoms with van der Waals surface area (Å²) < 4.78 is 5.72. The van der Waals surface area contributed by atoms with Gasteiger partial charge in [0.2, 0.25) is 10.9 Å². The van der Waals surface area contributed by atoms with E-state index in [1.165, 1.54) is 17.4 Å². The molecule has 3 aromatic rings. The fourth-order valence-corrected chi connectivity index (χ4v) is 2.54. The third-order valence-corrected chi connectivity index (χ3v) is 3.85. The van der Waals surface area contributed by atoms with Crippen molar-refractivity contribution in [1.82, 2.24) is 4.98 Å². The van der Waals surface area contributed by atoms with Gasteiger partial charge in [0.05, 0.1) is 11.1 Å². The number of nitrogens with one attached hydrogen (secondary N) is 1. The van der Waals surface area contributed by atoms with Crippen LogP contribution in [-0.4, -0.2) is 16.1 Å². The summed E-state index contributed by atoms with van der Waals surface area (Å²) in [6.07, 6.45) is 1.54. The molecule has 8 nitrogen and oxygen atoms in total. The molecule has 0 saturated heterocycles. The number of nitro groups is 1. The van der Waals surface area contributed by atoms with Gasteiger partial charge in [-0.25, -0.2) is 4.98 Å². The van der Waals surface area contributed by atoms with Gasteiger partial charge in [-0.3, -0.25) is 15.5 Å². The smallest absolute Gasteiger partial charge is 0.311 e. The van der Waals surface area contributed by atoms with E-state index in [0.717, 1.165) is 0 Å². The van der Waals surface area contributed by atoms with E-state index < -0.39 is 4.92 Å². The number of anilines is 2. The Hall–Kier alpha value is -3.46. The number of thiazole rings is 1. The van der Waals surface area contributed by atoms with Crippen molar-refractivity contribution < 1.29 is 9.66 Å². The van der Waals surface area contributed by atoms with Crippen LogP contribution in [0.1, 0.15) is 5.56 Å². The lowest BCUT2D eigenvalue weighted by atomic mass is 10.2. The van der Waals surface area contributed by atoms with Crippen LogP contribution in [0.5, 0.6) is 11.5 Å². The molecule has 25 heavy (non-hydrogen) atoms. The van der Waals surface area contributed by atoms with Gasteiger partial charge in [0.15, 0.2) is 0 Å². The fourth-order valence-electron chi connectivity index (χ4n) is 1.99. The molecule has 0 saturated carbocycles. The van der Waals surface area contributed by atoms with Gasteiger partial charge in [0, 0.05) is 17.0 Å². The standard InChI is InChI=1S/C16H13N5O3S/c17-15-10-25-16(19-15)20-18-9-11-5-1-3-7-13(11)24-14-8-4-2-6-12(14)21(22)23/h1-10H,17H2,(H,19,20). The van der Waals surface area contributed by atoms with Crippen LogP contribution in [0.3, 0.4) is 0 Å². The Morgan fingerprint density at radius 1 is 1.20 bits per heavy atom. The zero-order valence-electron chi connectivity index (χ0n) is 12.8. The number of nitrogens with zero attached hydrogens (tertiary/aromatic N) is 3. The Morgan fingerprint density at radius 2 is 1.92 bits per heavy atom. The van der Waals surface area contributed by atoms with Crippen LogP contribution in [0.4, 0.5) is 16.6 Å². The SMILES string of the molecule is Nc1csc(NN=Cc2ccccc2Oc2ccccc2[N+](=O)[O-])n1. The highest BCUT2D eigenvalue weighted by Gasteiger charge is 2.15. The number of nitro benzene ring substituents is 1. The Kier molecular flexibility index (Phi) is 4.86. The molecule has 9 heteroatoms. The second kappa shape index (κ2) is 7.41. The molecule has 0 aliphatic rings. The summed E-state index contributed by atoms with van der Waals surface area (Å²) in [7, 11) is 0. The molecule has 0 amide bonds. The maximum atomic E-state index is 11.1. The van der Waals surface area contributed by atoms with E-state index in [1.807, 2.05) is 6.07 Å². The number of nitrogens with two attached hydrogens (primary N) is 1. The lowest BCUT2D eigenvalue weighted by molar-refractivity contribution is -0.385. The Bertz CT molecular complexity index is 925. The maximum absolute atomic E-state index is 11.1. The molecule has 3 rings (SSSR count). The highest BCUT2D eigenvalue weighted by Crippen LogP contribution is 2.32. The Balaban J connectivity index is 1.80. The van der Waals surface area contributed by atoms with Crippen LogP contribution < -0.4 is 15.9 Å². The lowest BCUT2D eigenvalue weighted by Gasteiger charge is -2.08. The van der Waals surface area contributed by atoms with Crippen LogP contribution >= 0.6 is 11.3 Å². The van der Waals surface area contributed by atoms with Crippen LogP contribution in [0.2, 0.25) is 0 Å². The van der Waals surface area contributed by atoms with Crippen molar-refractivity contribution in [2.45, 2.75) is 0 Å². The van der Waals surface area contributed by atoms with E-state index >= 15 is 0 Å². The van der Waals surface area contributed by atoms with Crippen LogP contribution in [0, 0.1) is 10.1 Å². The van der Waals surface area contributed by atoms with Crippen molar-refractivity contribution in [3.63, 3.8) is 0 Å². The summed E-state index contributed by atoms with van der Waals surface area (Å²) in [6, 6.07) is 13.3. The third-order valence-electron chi connectivity index (χ3n) is 3.09. The zero-order chi connectivity index (χ0) is 17.6. The minimum Gasteiger partial charge on any atom is -0.449 e. The number of ether oxygens (including phenoxy) is 1. The molecule has 0 unspecified atom stereocenters. The van der Waals surface area contributed by atoms with E-state index in [0.29, 0.717) is 22.3 Å². The van der Waals surface area contributed by atoms with Crippen LogP contribution in [0.25, 0.3) is 0 Å². The summed E-state index contributed by atoms with van der Waals surface area (Å²) in [4.78, 5) is 14.6. The molecule has 0 aliphatic heterocycles. The second-order valence-electron chi connectivity index (χ2n) is 4.81. The van der Waals surface area contributed by atoms with Crippen molar-refractivity contribution in [3.8, 4) is 11.5 Å². The molecule has 0 bridgehead atoms. The molecule has 0 fully saturated rings. The number of benzene rings is 2. The molecule has 0 aliphatic carbocycles. The van der Waals surface area contributed by atoms with Gasteiger partial charge in [-0.2, -0.15) is 5.10 Å². The zero-order valence-corrected chi connectivity index (χ0v) is 13.6. The molecular weight excluding hydrogens is 342 g/mol. The average molecular weight is 355 g/mol. The van der Waals surface area contributed by atoms with Gasteiger partial charge in [-0.05, 0) is 18.2 Å². The molecule has 1 heterocycles. The Labute approximate surface area is 146 Å². The number of hydrazone groups is 1. The Morgan fingerprint density at radius 3 is 2.64 bits per heavy atom. The van der Waals surface area contributed by atoms with Gasteiger partial charge in [-0.1, -0.05) is 24.3 Å². The lowest BCUT2D eigenvalue weighted by Crippen LogP contribution is -1.96. The first-order chi connectivity index (χ1) is 12.1. The summed E-state index contributed by atoms with van der Waals surface area (Å²) in [6.45, 7) is 0. The molecular formula is C16H13N5O3S. The van der Waals surface area contributed by atoms with E-state index in [4.69, 9.17) is 10.5 Å². The summed E-state index contributed by atoms with van der Waals surface area (Å²) in [5.74, 6) is 1.03. The fraction of sp³-hybridized carbons (Fsp3) is 0. The molecule has 2 aromatic carbocycles. The average Bonchev–Trinajstić information content (AvgIpc) is 3.02. The van der Waals surface area contributed by atoms with Gasteiger partial charge < -0.3 is 10.5 Å². The molecule has 126 valence electrons. The van der Waals surface area contributed by atoms with E-state index in [-0.39, 0.29) is 11.4 Å². The number of nitrogen functional groups attached to an aromatic ring is 1. The van der Waals surface area contributed by atoms with Crippen molar-refractivity contribution in [2.24, 2.45) is 5.10 Å². The van der Waals surface area contributed by atoms with Crippen molar-refractivity contribution >= 4 is 34.2 Å². The van der Waals surface area contributed by atoms with Crippen molar-refractivity contribution in [3.05, 3.63) is 69.6 Å². The molecule has 0 radical (unpaired) electrons. The highest BCUT2D eigenvalue weighted by molar-refractivity contribution is 7.14. The number of para-hydroxylation sites is 3. The van der Waals surface area contributed by atoms with Gasteiger partial charge in [0.1, 0.15) is 11.6 Å². The first kappa shape index (κ1) is 16.4. The predicted molar refractivity (Wildman–Crippen MR) is 97.4 cm³/mol. The van der Waals surface area contributed by atoms with Crippen LogP contribution in [0.15, 0.2) is 59.0 Å². The van der Waals surface area contributed by atoms with E-state index in [1.54, 1.807) is 48.0 Å². The number of hydrogen-bond acceptors (Lipinski definition) is 8. The minimum atomic E-state index is -0.486. The van der Waals surface area contributed by atoms with Crippen LogP contribution in [-0.2, 0) is 0 Å². The number of hydrogen-bond donors (Lipinski definition) is 2. The largest absolute Gasteiger partial charge is 0.449 e. The normalized spacial score (nSPS) is 10.7. The summed E-state index contributed by atoms with van der Waals surface area (Å²) in [5, 5.41) is 17.4. The molecule has 1 aromatic heterocycles. The van der Waals surface area contributed by atoms with E-state index in [9.17, 15) is 10.1 Å². The first-order valence-electron chi connectivity index (χ1n) is 7.14. The molecule has 0 atom stereocenters. The summed E-state index contributed by atoms with van der Waals surface area (Å²) >= 11 is 1.33. The highest BCUT2D eigenvalue weighted by atomic mass is 32.1. The number of aromatic nitrogens is 1. The van der Waals surface area contributed by atoms with Gasteiger partial charge >= 0.3 is 5.69 Å². The summed E-state index contributed by atoms with van der Waals surface area (Å²) in [5.41, 5.74) is 8.85. The predicted octanol–water partition coefficient (Wildman–Crippen LogP) is 3.87. The third kappa shape index (κ3) is 4.09. The van der Waals surface area contributed by atoms with Gasteiger partial charge in [-0.15, -0.1) is 11.3 Å². The minimum absolute atomic E-state index is 0.106. The quantitative estimate of drug-likeness (QED) is 0.394. The van der Waals surface area contributed by atoms with E-state index in [2.05, 4.69) is 15.5 Å². The maximum Gasteiger partial charge on any atom is 0.311 e. The number of rotatable bonds is 6. The van der Waals surface area contributed by atoms with Gasteiger partial charge in [0.25, 0.3) is 0 Å². The monoisotopic (exact) mass is 355 g/mol. The topological polar surface area (TPSA) is 116 Å².